The van der Waals surface area contributed by atoms with E-state index in [4.69, 9.17) is 4.99 Å². The first-order valence-electron chi connectivity index (χ1n) is 9.93. The minimum absolute atomic E-state index is 0.000567. The molecule has 2 aromatic carbocycles. The summed E-state index contributed by atoms with van der Waals surface area (Å²) >= 11 is 1.41. The molecule has 2 amide bonds. The first-order valence-corrected chi connectivity index (χ1v) is 10.8. The number of carbonyl (C=O) groups excluding carboxylic acids is 2. The maximum atomic E-state index is 13.0. The smallest absolute Gasteiger partial charge is 0.242 e. The number of nitrogens with one attached hydrogen (secondary N) is 1. The molecule has 1 saturated carbocycles. The van der Waals surface area contributed by atoms with E-state index in [2.05, 4.69) is 18.3 Å². The largest absolute Gasteiger partial charge is 0.326 e. The number of benzene rings is 2. The van der Waals surface area contributed by atoms with Gasteiger partial charge in [0.2, 0.25) is 11.8 Å². The Balaban J connectivity index is 1.51. The highest BCUT2D eigenvalue weighted by molar-refractivity contribution is 8.15. The molecular weight excluding hydrogens is 382 g/mol. The Morgan fingerprint density at radius 2 is 1.86 bits per heavy atom. The van der Waals surface area contributed by atoms with Crippen molar-refractivity contribution in [2.75, 3.05) is 5.32 Å². The van der Waals surface area contributed by atoms with Gasteiger partial charge in [0.25, 0.3) is 0 Å². The van der Waals surface area contributed by atoms with Crippen molar-refractivity contribution in [2.45, 2.75) is 51.3 Å². The van der Waals surface area contributed by atoms with Crippen LogP contribution < -0.4 is 5.32 Å². The van der Waals surface area contributed by atoms with E-state index in [1.807, 2.05) is 55.1 Å². The van der Waals surface area contributed by atoms with Crippen LogP contribution in [0.3, 0.4) is 0 Å². The topological polar surface area (TPSA) is 61.8 Å². The van der Waals surface area contributed by atoms with Gasteiger partial charge in [-0.25, -0.2) is 4.99 Å². The first kappa shape index (κ1) is 19.7. The van der Waals surface area contributed by atoms with Crippen molar-refractivity contribution in [3.05, 3.63) is 59.2 Å². The second-order valence-corrected chi connectivity index (χ2v) is 8.95. The molecule has 1 heterocycles. The van der Waals surface area contributed by atoms with Crippen LogP contribution in [0.25, 0.3) is 0 Å². The highest BCUT2D eigenvalue weighted by atomic mass is 32.2. The standard InChI is InChI=1S/C23H25N3O2S/c1-14-7-9-17(10-8-14)24-21(27)13-20-22(28)26(18-11-12-18)23(29-20)25-19-6-4-5-15(2)16(19)3/h4-10,18,20H,11-13H2,1-3H3,(H,24,27)/t20-/m0/s1. The van der Waals surface area contributed by atoms with Crippen LogP contribution in [-0.2, 0) is 9.59 Å². The van der Waals surface area contributed by atoms with Crippen molar-refractivity contribution in [3.8, 4) is 0 Å². The van der Waals surface area contributed by atoms with Crippen LogP contribution >= 0.6 is 11.8 Å². The summed E-state index contributed by atoms with van der Waals surface area (Å²) in [5.41, 5.74) is 5.06. The number of thioether (sulfide) groups is 1. The molecule has 2 aromatic rings. The molecule has 1 aliphatic carbocycles. The van der Waals surface area contributed by atoms with Crippen LogP contribution in [0.5, 0.6) is 0 Å². The van der Waals surface area contributed by atoms with Gasteiger partial charge in [0, 0.05) is 18.2 Å². The summed E-state index contributed by atoms with van der Waals surface area (Å²) in [6, 6.07) is 13.9. The summed E-state index contributed by atoms with van der Waals surface area (Å²) in [5.74, 6) is -0.149. The lowest BCUT2D eigenvalue weighted by molar-refractivity contribution is -0.128. The number of hydrogen-bond acceptors (Lipinski definition) is 4. The Labute approximate surface area is 175 Å². The van der Waals surface area contributed by atoms with Crippen molar-refractivity contribution in [1.29, 1.82) is 0 Å². The minimum atomic E-state index is -0.426. The second kappa shape index (κ2) is 8.03. The Morgan fingerprint density at radius 3 is 2.55 bits per heavy atom. The predicted molar refractivity (Wildman–Crippen MR) is 119 cm³/mol. The van der Waals surface area contributed by atoms with Crippen LogP contribution in [0, 0.1) is 20.8 Å². The number of aliphatic imine (C=N–C) groups is 1. The van der Waals surface area contributed by atoms with Gasteiger partial charge in [0.1, 0.15) is 5.25 Å². The van der Waals surface area contributed by atoms with E-state index < -0.39 is 5.25 Å². The molecule has 2 aliphatic rings. The van der Waals surface area contributed by atoms with Crippen LogP contribution in [0.4, 0.5) is 11.4 Å². The maximum Gasteiger partial charge on any atom is 0.242 e. The molecule has 0 aromatic heterocycles. The molecule has 1 N–H and O–H groups in total. The van der Waals surface area contributed by atoms with Gasteiger partial charge in [0.15, 0.2) is 5.17 Å². The van der Waals surface area contributed by atoms with E-state index in [9.17, 15) is 9.59 Å². The molecule has 1 saturated heterocycles. The Bertz CT molecular complexity index is 980. The fraction of sp³-hybridized carbons (Fsp3) is 0.348. The molecule has 150 valence electrons. The van der Waals surface area contributed by atoms with E-state index in [1.165, 1.54) is 17.3 Å². The molecule has 2 fully saturated rings. The fourth-order valence-electron chi connectivity index (χ4n) is 3.34. The van der Waals surface area contributed by atoms with Gasteiger partial charge >= 0.3 is 0 Å². The molecular formula is C23H25N3O2S. The molecule has 5 nitrogen and oxygen atoms in total. The van der Waals surface area contributed by atoms with Crippen molar-refractivity contribution in [3.63, 3.8) is 0 Å². The van der Waals surface area contributed by atoms with E-state index >= 15 is 0 Å². The molecule has 0 radical (unpaired) electrons. The molecule has 0 spiro atoms. The first-order chi connectivity index (χ1) is 13.9. The molecule has 0 bridgehead atoms. The normalized spacial score (nSPS) is 20.4. The molecule has 1 aliphatic heterocycles. The van der Waals surface area contributed by atoms with Crippen LogP contribution in [-0.4, -0.2) is 33.2 Å². The van der Waals surface area contributed by atoms with Crippen LogP contribution in [0.15, 0.2) is 47.5 Å². The lowest BCUT2D eigenvalue weighted by Crippen LogP contribution is -2.35. The second-order valence-electron chi connectivity index (χ2n) is 7.78. The van der Waals surface area contributed by atoms with Gasteiger partial charge in [-0.15, -0.1) is 0 Å². The summed E-state index contributed by atoms with van der Waals surface area (Å²) in [6.07, 6.45) is 2.15. The van der Waals surface area contributed by atoms with E-state index in [-0.39, 0.29) is 24.3 Å². The van der Waals surface area contributed by atoms with E-state index in [0.717, 1.165) is 40.5 Å². The summed E-state index contributed by atoms with van der Waals surface area (Å²) in [7, 11) is 0. The lowest BCUT2D eigenvalue weighted by Gasteiger charge is -2.15. The zero-order valence-corrected chi connectivity index (χ0v) is 17.8. The van der Waals surface area contributed by atoms with Gasteiger partial charge in [-0.3, -0.25) is 14.5 Å². The monoisotopic (exact) mass is 407 g/mol. The van der Waals surface area contributed by atoms with Gasteiger partial charge in [-0.2, -0.15) is 0 Å². The zero-order chi connectivity index (χ0) is 20.5. The van der Waals surface area contributed by atoms with Crippen LogP contribution in [0.1, 0.15) is 36.0 Å². The Kier molecular flexibility index (Phi) is 5.46. The van der Waals surface area contributed by atoms with Gasteiger partial charge < -0.3 is 5.32 Å². The van der Waals surface area contributed by atoms with Crippen molar-refractivity contribution in [2.24, 2.45) is 4.99 Å². The molecule has 6 heteroatoms. The minimum Gasteiger partial charge on any atom is -0.326 e. The summed E-state index contributed by atoms with van der Waals surface area (Å²) < 4.78 is 0. The zero-order valence-electron chi connectivity index (χ0n) is 16.9. The van der Waals surface area contributed by atoms with Gasteiger partial charge in [0.05, 0.1) is 5.69 Å². The summed E-state index contributed by atoms with van der Waals surface area (Å²) in [5, 5.41) is 3.19. The van der Waals surface area contributed by atoms with E-state index in [1.54, 1.807) is 0 Å². The number of carbonyl (C=O) groups is 2. The number of anilines is 1. The molecule has 0 unspecified atom stereocenters. The third kappa shape index (κ3) is 4.37. The number of amidine groups is 1. The molecule has 4 rings (SSSR count). The van der Waals surface area contributed by atoms with Crippen LogP contribution in [0.2, 0.25) is 0 Å². The molecule has 1 atom stereocenters. The highest BCUT2D eigenvalue weighted by Gasteiger charge is 2.46. The Hall–Kier alpha value is -2.60. The number of nitrogens with zero attached hydrogens (tertiary/aromatic N) is 2. The average molecular weight is 408 g/mol. The van der Waals surface area contributed by atoms with Gasteiger partial charge in [-0.05, 0) is 62.9 Å². The van der Waals surface area contributed by atoms with Crippen molar-refractivity contribution >= 4 is 40.1 Å². The van der Waals surface area contributed by atoms with Gasteiger partial charge in [-0.1, -0.05) is 41.6 Å². The fourth-order valence-corrected chi connectivity index (χ4v) is 4.55. The van der Waals surface area contributed by atoms with Crippen molar-refractivity contribution < 1.29 is 9.59 Å². The SMILES string of the molecule is Cc1ccc(NC(=O)C[C@@H]2SC(=Nc3cccc(C)c3C)N(C3CC3)C2=O)cc1. The maximum absolute atomic E-state index is 13.0. The molecule has 29 heavy (non-hydrogen) atoms. The quantitative estimate of drug-likeness (QED) is 0.779. The number of amides is 2. The Morgan fingerprint density at radius 1 is 1.14 bits per heavy atom. The highest BCUT2D eigenvalue weighted by Crippen LogP contribution is 2.40. The number of rotatable bonds is 5. The summed E-state index contributed by atoms with van der Waals surface area (Å²) in [4.78, 5) is 32.2. The number of hydrogen-bond donors (Lipinski definition) is 1. The lowest BCUT2D eigenvalue weighted by atomic mass is 10.1. The van der Waals surface area contributed by atoms with Crippen molar-refractivity contribution in [1.82, 2.24) is 4.90 Å². The third-order valence-electron chi connectivity index (χ3n) is 5.38. The van der Waals surface area contributed by atoms with E-state index in [0.29, 0.717) is 0 Å². The third-order valence-corrected chi connectivity index (χ3v) is 6.53. The predicted octanol–water partition coefficient (Wildman–Crippen LogP) is 4.73. The summed E-state index contributed by atoms with van der Waals surface area (Å²) in [6.45, 7) is 6.11. The number of aryl methyl sites for hydroxylation is 2. The average Bonchev–Trinajstić information content (AvgIpc) is 3.47.